The van der Waals surface area contributed by atoms with Gasteiger partial charge in [-0.15, -0.1) is 0 Å². The molecule has 0 saturated heterocycles. The van der Waals surface area contributed by atoms with Gasteiger partial charge >= 0.3 is 0 Å². The van der Waals surface area contributed by atoms with Crippen molar-refractivity contribution in [3.05, 3.63) is 89.7 Å². The Balaban J connectivity index is 1.57. The fourth-order valence-electron chi connectivity index (χ4n) is 3.03. The quantitative estimate of drug-likeness (QED) is 0.385. The van der Waals surface area contributed by atoms with Crippen LogP contribution in [0.15, 0.2) is 77.9 Å². The number of hydrogen-bond donors (Lipinski definition) is 2. The zero-order chi connectivity index (χ0) is 21.7. The second-order valence-electron chi connectivity index (χ2n) is 6.95. The highest BCUT2D eigenvalue weighted by Crippen LogP contribution is 2.29. The Bertz CT molecular complexity index is 946. The Morgan fingerprint density at radius 2 is 1.77 bits per heavy atom. The molecule has 0 bridgehead atoms. The first-order chi connectivity index (χ1) is 15.3. The van der Waals surface area contributed by atoms with Gasteiger partial charge in [-0.05, 0) is 42.3 Å². The molecule has 0 saturated carbocycles. The SMILES string of the molecule is CCNC(=NCc1ccc(OCc2ccccc2)c(OC)c1)NCCc1ccccn1. The number of rotatable bonds is 10. The molecule has 0 atom stereocenters. The number of aliphatic imine (C=N–C) groups is 1. The third-order valence-electron chi connectivity index (χ3n) is 4.63. The Morgan fingerprint density at radius 3 is 2.52 bits per heavy atom. The lowest BCUT2D eigenvalue weighted by Gasteiger charge is -2.13. The molecule has 0 unspecified atom stereocenters. The topological polar surface area (TPSA) is 67.8 Å². The number of nitrogens with one attached hydrogen (secondary N) is 2. The summed E-state index contributed by atoms with van der Waals surface area (Å²) in [5.74, 6) is 2.21. The van der Waals surface area contributed by atoms with Gasteiger partial charge in [-0.2, -0.15) is 0 Å². The summed E-state index contributed by atoms with van der Waals surface area (Å²) in [6.07, 6.45) is 2.65. The van der Waals surface area contributed by atoms with E-state index < -0.39 is 0 Å². The first-order valence-corrected chi connectivity index (χ1v) is 10.5. The van der Waals surface area contributed by atoms with Crippen LogP contribution in [0.3, 0.4) is 0 Å². The van der Waals surface area contributed by atoms with Crippen LogP contribution < -0.4 is 20.1 Å². The van der Waals surface area contributed by atoms with Gasteiger partial charge in [0.05, 0.1) is 13.7 Å². The summed E-state index contributed by atoms with van der Waals surface area (Å²) in [5.41, 5.74) is 3.22. The summed E-state index contributed by atoms with van der Waals surface area (Å²) < 4.78 is 11.5. The molecule has 0 amide bonds. The Kier molecular flexibility index (Phi) is 8.73. The van der Waals surface area contributed by atoms with Gasteiger partial charge in [0.1, 0.15) is 6.61 Å². The van der Waals surface area contributed by atoms with Crippen molar-refractivity contribution in [1.82, 2.24) is 15.6 Å². The monoisotopic (exact) mass is 418 g/mol. The smallest absolute Gasteiger partial charge is 0.191 e. The predicted molar refractivity (Wildman–Crippen MR) is 125 cm³/mol. The fraction of sp³-hybridized carbons (Fsp3) is 0.280. The number of hydrogen-bond acceptors (Lipinski definition) is 4. The molecule has 31 heavy (non-hydrogen) atoms. The number of aromatic nitrogens is 1. The molecule has 2 aromatic carbocycles. The average Bonchev–Trinajstić information content (AvgIpc) is 2.82. The maximum Gasteiger partial charge on any atom is 0.191 e. The van der Waals surface area contributed by atoms with E-state index in [9.17, 15) is 0 Å². The molecule has 3 rings (SSSR count). The van der Waals surface area contributed by atoms with E-state index in [1.165, 1.54) is 0 Å². The van der Waals surface area contributed by atoms with E-state index in [-0.39, 0.29) is 0 Å². The van der Waals surface area contributed by atoms with Crippen LogP contribution in [0.25, 0.3) is 0 Å². The molecule has 0 fully saturated rings. The molecule has 6 heteroatoms. The van der Waals surface area contributed by atoms with Gasteiger partial charge in [0.15, 0.2) is 17.5 Å². The number of benzene rings is 2. The van der Waals surface area contributed by atoms with Gasteiger partial charge in [0.25, 0.3) is 0 Å². The van der Waals surface area contributed by atoms with Crippen LogP contribution in [0.5, 0.6) is 11.5 Å². The molecule has 2 N–H and O–H groups in total. The van der Waals surface area contributed by atoms with Gasteiger partial charge in [-0.1, -0.05) is 42.5 Å². The number of ether oxygens (including phenoxy) is 2. The Morgan fingerprint density at radius 1 is 0.935 bits per heavy atom. The predicted octanol–water partition coefficient (Wildman–Crippen LogP) is 3.97. The third kappa shape index (κ3) is 7.33. The third-order valence-corrected chi connectivity index (χ3v) is 4.63. The first kappa shape index (κ1) is 22.2. The molecular formula is C25H30N4O2. The Labute approximate surface area is 184 Å². The van der Waals surface area contributed by atoms with Crippen molar-refractivity contribution in [1.29, 1.82) is 0 Å². The van der Waals surface area contributed by atoms with E-state index in [1.54, 1.807) is 7.11 Å². The fourth-order valence-corrected chi connectivity index (χ4v) is 3.03. The maximum atomic E-state index is 5.94. The van der Waals surface area contributed by atoms with Crippen LogP contribution >= 0.6 is 0 Å². The summed E-state index contributed by atoms with van der Waals surface area (Å²) in [6, 6.07) is 22.0. The molecule has 0 spiro atoms. The molecule has 0 aliphatic carbocycles. The lowest BCUT2D eigenvalue weighted by Crippen LogP contribution is -2.38. The van der Waals surface area contributed by atoms with Crippen molar-refractivity contribution in [2.75, 3.05) is 20.2 Å². The van der Waals surface area contributed by atoms with Gasteiger partial charge in [0, 0.05) is 31.4 Å². The van der Waals surface area contributed by atoms with Gasteiger partial charge in [-0.25, -0.2) is 4.99 Å². The normalized spacial score (nSPS) is 11.1. The molecule has 0 radical (unpaired) electrons. The van der Waals surface area contributed by atoms with Crippen LogP contribution in [-0.2, 0) is 19.6 Å². The lowest BCUT2D eigenvalue weighted by atomic mass is 10.2. The summed E-state index contributed by atoms with van der Waals surface area (Å²) in [4.78, 5) is 9.04. The number of guanidine groups is 1. The number of nitrogens with zero attached hydrogens (tertiary/aromatic N) is 2. The molecule has 0 aliphatic heterocycles. The van der Waals surface area contributed by atoms with E-state index in [4.69, 9.17) is 14.5 Å². The molecular weight excluding hydrogens is 388 g/mol. The van der Waals surface area contributed by atoms with E-state index in [2.05, 4.69) is 22.5 Å². The minimum atomic E-state index is 0.499. The Hall–Kier alpha value is -3.54. The maximum absolute atomic E-state index is 5.94. The van der Waals surface area contributed by atoms with E-state index in [0.717, 1.165) is 48.0 Å². The van der Waals surface area contributed by atoms with E-state index in [1.807, 2.05) is 72.9 Å². The summed E-state index contributed by atoms with van der Waals surface area (Å²) in [7, 11) is 1.65. The van der Waals surface area contributed by atoms with Gasteiger partial charge in [-0.3, -0.25) is 4.98 Å². The number of methoxy groups -OCH3 is 1. The zero-order valence-corrected chi connectivity index (χ0v) is 18.2. The number of pyridine rings is 1. The summed E-state index contributed by atoms with van der Waals surface area (Å²) in [5, 5.41) is 6.64. The van der Waals surface area contributed by atoms with Crippen LogP contribution in [0.1, 0.15) is 23.7 Å². The van der Waals surface area contributed by atoms with Crippen LogP contribution in [0, 0.1) is 0 Å². The van der Waals surface area contributed by atoms with E-state index >= 15 is 0 Å². The largest absolute Gasteiger partial charge is 0.493 e. The second kappa shape index (κ2) is 12.2. The van der Waals surface area contributed by atoms with Crippen molar-refractivity contribution >= 4 is 5.96 Å². The van der Waals surface area contributed by atoms with E-state index in [0.29, 0.717) is 18.9 Å². The molecule has 162 valence electrons. The standard InChI is InChI=1S/C25H30N4O2/c1-3-26-25(28-16-14-22-11-7-8-15-27-22)29-18-21-12-13-23(24(17-21)30-2)31-19-20-9-5-4-6-10-20/h4-13,15,17H,3,14,16,18-19H2,1-2H3,(H2,26,28,29). The highest BCUT2D eigenvalue weighted by atomic mass is 16.5. The van der Waals surface area contributed by atoms with Crippen LogP contribution in [0.4, 0.5) is 0 Å². The minimum absolute atomic E-state index is 0.499. The highest BCUT2D eigenvalue weighted by molar-refractivity contribution is 5.79. The molecule has 6 nitrogen and oxygen atoms in total. The molecule has 1 aromatic heterocycles. The van der Waals surface area contributed by atoms with Crippen molar-refractivity contribution in [2.45, 2.75) is 26.5 Å². The van der Waals surface area contributed by atoms with Crippen molar-refractivity contribution in [3.63, 3.8) is 0 Å². The zero-order valence-electron chi connectivity index (χ0n) is 18.2. The van der Waals surface area contributed by atoms with Crippen molar-refractivity contribution < 1.29 is 9.47 Å². The molecule has 3 aromatic rings. The molecule has 1 heterocycles. The first-order valence-electron chi connectivity index (χ1n) is 10.5. The van der Waals surface area contributed by atoms with Crippen LogP contribution in [0.2, 0.25) is 0 Å². The average molecular weight is 419 g/mol. The molecule has 0 aliphatic rings. The van der Waals surface area contributed by atoms with Crippen LogP contribution in [-0.4, -0.2) is 31.1 Å². The van der Waals surface area contributed by atoms with Gasteiger partial charge in [0.2, 0.25) is 0 Å². The summed E-state index contributed by atoms with van der Waals surface area (Å²) in [6.45, 7) is 4.65. The second-order valence-corrected chi connectivity index (χ2v) is 6.95. The lowest BCUT2D eigenvalue weighted by molar-refractivity contribution is 0.284. The highest BCUT2D eigenvalue weighted by Gasteiger charge is 2.07. The summed E-state index contributed by atoms with van der Waals surface area (Å²) >= 11 is 0. The van der Waals surface area contributed by atoms with Crippen molar-refractivity contribution in [3.8, 4) is 11.5 Å². The van der Waals surface area contributed by atoms with Gasteiger partial charge < -0.3 is 20.1 Å². The minimum Gasteiger partial charge on any atom is -0.493 e. The van der Waals surface area contributed by atoms with Crippen molar-refractivity contribution in [2.24, 2.45) is 4.99 Å².